The maximum atomic E-state index is 13.6. The Morgan fingerprint density at radius 3 is 2.76 bits per heavy atom. The molecule has 0 spiro atoms. The van der Waals surface area contributed by atoms with Gasteiger partial charge in [-0.1, -0.05) is 30.3 Å². The molecule has 0 fully saturated rings. The van der Waals surface area contributed by atoms with Gasteiger partial charge in [0.2, 0.25) is 0 Å². The number of carbonyl (C=O) groups excluding carboxylic acids is 1. The summed E-state index contributed by atoms with van der Waals surface area (Å²) in [4.78, 5) is 36.1. The molecule has 0 saturated carbocycles. The summed E-state index contributed by atoms with van der Waals surface area (Å²) in [6, 6.07) is 9.52. The highest BCUT2D eigenvalue weighted by Crippen LogP contribution is 2.40. The normalized spacial score (nSPS) is 19.5. The topological polar surface area (TPSA) is 103 Å². The second kappa shape index (κ2) is 7.77. The van der Waals surface area contributed by atoms with Gasteiger partial charge in [-0.05, 0) is 44.9 Å². The fourth-order valence-corrected chi connectivity index (χ4v) is 4.64. The smallest absolute Gasteiger partial charge is 0.309 e. The highest BCUT2D eigenvalue weighted by atomic mass is 16.6. The van der Waals surface area contributed by atoms with Gasteiger partial charge in [0.1, 0.15) is 17.8 Å². The second-order valence-corrected chi connectivity index (χ2v) is 9.84. The molecule has 2 aliphatic rings. The monoisotopic (exact) mass is 461 g/mol. The Morgan fingerprint density at radius 2 is 2.03 bits per heavy atom. The third-order valence-electron chi connectivity index (χ3n) is 6.41. The summed E-state index contributed by atoms with van der Waals surface area (Å²) in [7, 11) is 0. The lowest BCUT2D eigenvalue weighted by molar-refractivity contribution is -0.149. The Morgan fingerprint density at radius 1 is 1.26 bits per heavy atom. The van der Waals surface area contributed by atoms with Crippen molar-refractivity contribution >= 4 is 23.1 Å². The lowest BCUT2D eigenvalue weighted by Crippen LogP contribution is -2.32. The Labute approximate surface area is 196 Å². The van der Waals surface area contributed by atoms with Gasteiger partial charge < -0.3 is 19.2 Å². The average Bonchev–Trinajstić information content (AvgIpc) is 3.09. The molecule has 8 heteroatoms. The van der Waals surface area contributed by atoms with E-state index in [2.05, 4.69) is 5.16 Å². The summed E-state index contributed by atoms with van der Waals surface area (Å²) in [6.07, 6.45) is 1.76. The Hall–Kier alpha value is -3.52. The van der Waals surface area contributed by atoms with Crippen molar-refractivity contribution in [3.8, 4) is 11.4 Å². The molecule has 0 radical (unpaired) electrons. The quantitative estimate of drug-likeness (QED) is 0.284. The van der Waals surface area contributed by atoms with Crippen LogP contribution in [0.4, 0.5) is 0 Å². The van der Waals surface area contributed by atoms with Crippen LogP contribution in [0.25, 0.3) is 22.3 Å². The maximum absolute atomic E-state index is 13.6. The Balaban J connectivity index is 1.74. The van der Waals surface area contributed by atoms with Crippen LogP contribution in [0, 0.1) is 0 Å². The van der Waals surface area contributed by atoms with Crippen LogP contribution in [-0.2, 0) is 33.1 Å². The maximum Gasteiger partial charge on any atom is 0.309 e. The van der Waals surface area contributed by atoms with E-state index in [0.717, 1.165) is 22.0 Å². The number of benzene rings is 1. The molecule has 0 unspecified atom stereocenters. The summed E-state index contributed by atoms with van der Waals surface area (Å²) >= 11 is 0. The number of hydrogen-bond donors (Lipinski definition) is 1. The summed E-state index contributed by atoms with van der Waals surface area (Å²) in [5.74, 6) is -0.521. The average molecular weight is 462 g/mol. The summed E-state index contributed by atoms with van der Waals surface area (Å²) < 4.78 is 6.88. The van der Waals surface area contributed by atoms with Gasteiger partial charge in [-0.2, -0.15) is 0 Å². The number of fused-ring (bicyclic) bond motifs is 5. The minimum Gasteiger partial charge on any atom is -0.460 e. The van der Waals surface area contributed by atoms with Crippen LogP contribution >= 0.6 is 0 Å². The van der Waals surface area contributed by atoms with Gasteiger partial charge in [0.15, 0.2) is 0 Å². The number of pyridine rings is 2. The molecule has 1 N–H and O–H groups in total. The zero-order valence-corrected chi connectivity index (χ0v) is 19.7. The molecule has 4 heterocycles. The lowest BCUT2D eigenvalue weighted by Gasteiger charge is -2.26. The van der Waals surface area contributed by atoms with Crippen molar-refractivity contribution < 1.29 is 19.5 Å². The van der Waals surface area contributed by atoms with E-state index in [4.69, 9.17) is 14.6 Å². The van der Waals surface area contributed by atoms with Crippen LogP contribution in [0.2, 0.25) is 0 Å². The van der Waals surface area contributed by atoms with Crippen molar-refractivity contribution in [1.29, 1.82) is 0 Å². The number of para-hydroxylation sites is 1. The van der Waals surface area contributed by atoms with Gasteiger partial charge >= 0.3 is 5.97 Å². The fraction of sp³-hybridized carbons (Fsp3) is 0.385. The first-order valence-corrected chi connectivity index (χ1v) is 11.4. The molecular formula is C26H27N3O5. The molecule has 34 heavy (non-hydrogen) atoms. The van der Waals surface area contributed by atoms with E-state index >= 15 is 0 Å². The molecule has 2 aromatic heterocycles. The molecule has 176 valence electrons. The highest BCUT2D eigenvalue weighted by molar-refractivity contribution is 6.02. The number of esters is 1. The van der Waals surface area contributed by atoms with Crippen molar-refractivity contribution in [2.24, 2.45) is 5.16 Å². The molecule has 0 aliphatic carbocycles. The van der Waals surface area contributed by atoms with Crippen LogP contribution in [-0.4, -0.2) is 32.4 Å². The molecule has 3 aromatic rings. The third-order valence-corrected chi connectivity index (χ3v) is 6.41. The molecule has 5 rings (SSSR count). The first kappa shape index (κ1) is 22.3. The summed E-state index contributed by atoms with van der Waals surface area (Å²) in [5, 5.41) is 16.4. The fourth-order valence-electron chi connectivity index (χ4n) is 4.64. The number of cyclic esters (lactones) is 1. The number of rotatable bonds is 3. The van der Waals surface area contributed by atoms with Gasteiger partial charge in [-0.3, -0.25) is 9.59 Å². The number of nitrogens with zero attached hydrogens (tertiary/aromatic N) is 3. The molecule has 1 aromatic carbocycles. The minimum absolute atomic E-state index is 0.158. The molecule has 0 saturated heterocycles. The Kier molecular flexibility index (Phi) is 5.09. The van der Waals surface area contributed by atoms with Crippen LogP contribution in [0.5, 0.6) is 0 Å². The van der Waals surface area contributed by atoms with Crippen molar-refractivity contribution in [3.05, 3.63) is 62.9 Å². The van der Waals surface area contributed by atoms with Crippen LogP contribution in [0.1, 0.15) is 62.8 Å². The van der Waals surface area contributed by atoms with E-state index in [1.165, 1.54) is 0 Å². The number of hydrogen-bond acceptors (Lipinski definition) is 7. The zero-order chi connectivity index (χ0) is 24.3. The Bertz CT molecular complexity index is 1420. The van der Waals surface area contributed by atoms with E-state index in [9.17, 15) is 14.7 Å². The van der Waals surface area contributed by atoms with Crippen molar-refractivity contribution in [2.75, 3.05) is 0 Å². The number of oxime groups is 1. The third kappa shape index (κ3) is 3.58. The highest BCUT2D eigenvalue weighted by Gasteiger charge is 2.39. The summed E-state index contributed by atoms with van der Waals surface area (Å²) in [5.41, 5.74) is 2.26. The first-order valence-electron chi connectivity index (χ1n) is 11.4. The summed E-state index contributed by atoms with van der Waals surface area (Å²) in [6.45, 7) is 7.69. The number of carbonyl (C=O) groups is 1. The predicted molar refractivity (Wildman–Crippen MR) is 128 cm³/mol. The first-order chi connectivity index (χ1) is 16.1. The minimum atomic E-state index is -1.47. The van der Waals surface area contributed by atoms with Crippen LogP contribution < -0.4 is 5.56 Å². The number of aliphatic hydroxyl groups is 1. The van der Waals surface area contributed by atoms with Crippen molar-refractivity contribution in [1.82, 2.24) is 9.55 Å². The van der Waals surface area contributed by atoms with Crippen molar-refractivity contribution in [3.63, 3.8) is 0 Å². The van der Waals surface area contributed by atoms with E-state index in [0.29, 0.717) is 29.1 Å². The molecule has 8 nitrogen and oxygen atoms in total. The van der Waals surface area contributed by atoms with E-state index in [1.54, 1.807) is 23.8 Å². The molecule has 0 bridgehead atoms. The number of aromatic nitrogens is 2. The SMILES string of the molecule is CC[C@@]1(O)CC(=O)OCc2c1cc1n(c2=O)Cc2c-1nc1ccccc1c2/C=N/OC(C)(C)C. The molecular weight excluding hydrogens is 434 g/mol. The van der Waals surface area contributed by atoms with Gasteiger partial charge in [0, 0.05) is 16.5 Å². The van der Waals surface area contributed by atoms with Crippen molar-refractivity contribution in [2.45, 2.75) is 64.9 Å². The second-order valence-electron chi connectivity index (χ2n) is 9.84. The van der Waals surface area contributed by atoms with Gasteiger partial charge in [0.05, 0.1) is 41.6 Å². The lowest BCUT2D eigenvalue weighted by atomic mass is 9.85. The van der Waals surface area contributed by atoms with Gasteiger partial charge in [0.25, 0.3) is 5.56 Å². The van der Waals surface area contributed by atoms with E-state index < -0.39 is 17.2 Å². The van der Waals surface area contributed by atoms with Gasteiger partial charge in [-0.25, -0.2) is 4.98 Å². The van der Waals surface area contributed by atoms with E-state index in [1.807, 2.05) is 45.0 Å². The largest absolute Gasteiger partial charge is 0.460 e. The van der Waals surface area contributed by atoms with E-state index in [-0.39, 0.29) is 25.0 Å². The molecule has 0 amide bonds. The molecule has 2 aliphatic heterocycles. The van der Waals surface area contributed by atoms with Gasteiger partial charge in [-0.15, -0.1) is 0 Å². The predicted octanol–water partition coefficient (Wildman–Crippen LogP) is 3.62. The zero-order valence-electron chi connectivity index (χ0n) is 19.7. The van der Waals surface area contributed by atoms with Crippen LogP contribution in [0.15, 0.2) is 40.3 Å². The van der Waals surface area contributed by atoms with Crippen LogP contribution in [0.3, 0.4) is 0 Å². The molecule has 1 atom stereocenters. The number of ether oxygens (including phenoxy) is 1. The standard InChI is InChI=1S/C26H27N3O5/c1-5-26(32)11-22(30)33-14-18-19(26)10-21-23-17(13-29(21)24(18)31)16(12-27-34-25(2,3)4)15-8-6-7-9-20(15)28-23/h6-10,12,32H,5,11,13-14H2,1-4H3/b27-12+/t26-/m1/s1.